The van der Waals surface area contributed by atoms with E-state index in [2.05, 4.69) is 51.1 Å². The maximum absolute atomic E-state index is 11.2. The lowest BCUT2D eigenvalue weighted by Gasteiger charge is -2.36. The summed E-state index contributed by atoms with van der Waals surface area (Å²) in [5.41, 5.74) is 5.90. The van der Waals surface area contributed by atoms with Crippen LogP contribution in [0.2, 0.25) is 0 Å². The van der Waals surface area contributed by atoms with Gasteiger partial charge in [0.05, 0.1) is 5.56 Å². The van der Waals surface area contributed by atoms with Crippen LogP contribution in [-0.2, 0) is 5.41 Å². The summed E-state index contributed by atoms with van der Waals surface area (Å²) in [5.74, 6) is -0.264. The van der Waals surface area contributed by atoms with Gasteiger partial charge < -0.3 is 5.11 Å². The van der Waals surface area contributed by atoms with E-state index in [-0.39, 0.29) is 5.41 Å². The topological polar surface area (TPSA) is 37.3 Å². The van der Waals surface area contributed by atoms with E-state index in [4.69, 9.17) is 5.11 Å². The molecule has 0 aliphatic heterocycles. The first-order chi connectivity index (χ1) is 12.3. The van der Waals surface area contributed by atoms with Crippen LogP contribution in [0.25, 0.3) is 21.9 Å². The minimum Gasteiger partial charge on any atom is -0.478 e. The maximum Gasteiger partial charge on any atom is 0.335 e. The molecule has 2 nitrogen and oxygen atoms in total. The summed E-state index contributed by atoms with van der Waals surface area (Å²) in [4.78, 5) is 11.2. The molecule has 0 aromatic heterocycles. The smallest absolute Gasteiger partial charge is 0.335 e. The van der Waals surface area contributed by atoms with Crippen LogP contribution < -0.4 is 0 Å². The number of benzene rings is 3. The van der Waals surface area contributed by atoms with Crippen molar-refractivity contribution in [3.05, 3.63) is 71.3 Å². The van der Waals surface area contributed by atoms with Gasteiger partial charge in [-0.25, -0.2) is 4.79 Å². The van der Waals surface area contributed by atoms with E-state index >= 15 is 0 Å². The van der Waals surface area contributed by atoms with E-state index in [9.17, 15) is 4.79 Å². The van der Waals surface area contributed by atoms with Crippen molar-refractivity contribution in [2.75, 3.05) is 0 Å². The molecule has 1 unspecified atom stereocenters. The fraction of sp³-hybridized carbons (Fsp3) is 0.292. The Balaban J connectivity index is 1.80. The number of carboxylic acids is 1. The molecular formula is C24H24O2. The molecule has 0 amide bonds. The molecule has 3 aromatic carbocycles. The molecule has 1 N–H and O–H groups in total. The van der Waals surface area contributed by atoms with E-state index in [1.165, 1.54) is 35.1 Å². The Hall–Kier alpha value is -2.61. The lowest BCUT2D eigenvalue weighted by atomic mass is 9.68. The predicted octanol–water partition coefficient (Wildman–Crippen LogP) is 6.38. The lowest BCUT2D eigenvalue weighted by molar-refractivity contribution is 0.0697. The summed E-state index contributed by atoms with van der Waals surface area (Å²) in [6, 6.07) is 18.5. The van der Waals surface area contributed by atoms with E-state index in [0.29, 0.717) is 11.5 Å². The van der Waals surface area contributed by atoms with Gasteiger partial charge in [-0.2, -0.15) is 0 Å². The van der Waals surface area contributed by atoms with Crippen molar-refractivity contribution in [2.45, 2.75) is 44.9 Å². The average molecular weight is 344 g/mol. The number of fused-ring (bicyclic) bond motifs is 2. The molecule has 0 fully saturated rings. The normalized spacial score (nSPS) is 18.5. The maximum atomic E-state index is 11.2. The van der Waals surface area contributed by atoms with Gasteiger partial charge in [-0.3, -0.25) is 0 Å². The second-order valence-electron chi connectivity index (χ2n) is 8.21. The fourth-order valence-electron chi connectivity index (χ4n) is 4.18. The molecular weight excluding hydrogens is 320 g/mol. The Morgan fingerprint density at radius 2 is 1.62 bits per heavy atom. The van der Waals surface area contributed by atoms with E-state index in [0.717, 1.165) is 10.8 Å². The fourth-order valence-corrected chi connectivity index (χ4v) is 4.18. The molecule has 1 aliphatic rings. The first-order valence-electron chi connectivity index (χ1n) is 9.27. The van der Waals surface area contributed by atoms with Gasteiger partial charge in [0.15, 0.2) is 0 Å². The van der Waals surface area contributed by atoms with Crippen molar-refractivity contribution in [1.29, 1.82) is 0 Å². The first-order valence-corrected chi connectivity index (χ1v) is 9.27. The van der Waals surface area contributed by atoms with E-state index in [1.807, 2.05) is 12.1 Å². The SMILES string of the molecule is CC1CCC(C)(C)c2cc(-c3ccc4cc(C(=O)O)ccc4c3)ccc21. The molecule has 0 spiro atoms. The third-order valence-electron chi connectivity index (χ3n) is 5.94. The van der Waals surface area contributed by atoms with Gasteiger partial charge >= 0.3 is 5.97 Å². The highest BCUT2D eigenvalue weighted by Gasteiger charge is 2.30. The Labute approximate surface area is 154 Å². The Kier molecular flexibility index (Phi) is 3.87. The van der Waals surface area contributed by atoms with Crippen LogP contribution in [0.4, 0.5) is 0 Å². The Morgan fingerprint density at radius 3 is 2.38 bits per heavy atom. The van der Waals surface area contributed by atoms with E-state index in [1.54, 1.807) is 12.1 Å². The zero-order valence-corrected chi connectivity index (χ0v) is 15.5. The molecule has 0 bridgehead atoms. The minimum absolute atomic E-state index is 0.213. The summed E-state index contributed by atoms with van der Waals surface area (Å²) in [6.45, 7) is 7.01. The van der Waals surface area contributed by atoms with Crippen LogP contribution in [0.5, 0.6) is 0 Å². The predicted molar refractivity (Wildman–Crippen MR) is 107 cm³/mol. The molecule has 132 valence electrons. The minimum atomic E-state index is -0.887. The molecule has 26 heavy (non-hydrogen) atoms. The summed E-state index contributed by atoms with van der Waals surface area (Å²) in [6.07, 6.45) is 2.47. The van der Waals surface area contributed by atoms with Crippen molar-refractivity contribution < 1.29 is 9.90 Å². The molecule has 0 saturated heterocycles. The van der Waals surface area contributed by atoms with Crippen molar-refractivity contribution in [2.24, 2.45) is 0 Å². The Morgan fingerprint density at radius 1 is 0.962 bits per heavy atom. The molecule has 1 aliphatic carbocycles. The second kappa shape index (κ2) is 5.98. The number of rotatable bonds is 2. The number of carboxylic acid groups (broad SMARTS) is 1. The van der Waals surface area contributed by atoms with Crippen LogP contribution in [0.1, 0.15) is 61.0 Å². The average Bonchev–Trinajstić information content (AvgIpc) is 2.64. The molecule has 1 atom stereocenters. The number of hydrogen-bond donors (Lipinski definition) is 1. The van der Waals surface area contributed by atoms with Crippen molar-refractivity contribution >= 4 is 16.7 Å². The van der Waals surface area contributed by atoms with E-state index < -0.39 is 5.97 Å². The summed E-state index contributed by atoms with van der Waals surface area (Å²) in [7, 11) is 0. The zero-order valence-electron chi connectivity index (χ0n) is 15.5. The van der Waals surface area contributed by atoms with Crippen LogP contribution in [-0.4, -0.2) is 11.1 Å². The van der Waals surface area contributed by atoms with Crippen molar-refractivity contribution in [1.82, 2.24) is 0 Å². The highest BCUT2D eigenvalue weighted by Crippen LogP contribution is 2.43. The molecule has 4 rings (SSSR count). The summed E-state index contributed by atoms with van der Waals surface area (Å²) < 4.78 is 0. The van der Waals surface area contributed by atoms with Gasteiger partial charge in [-0.15, -0.1) is 0 Å². The molecule has 2 heteroatoms. The van der Waals surface area contributed by atoms with Crippen LogP contribution in [0, 0.1) is 0 Å². The van der Waals surface area contributed by atoms with Gasteiger partial charge in [-0.05, 0) is 75.4 Å². The second-order valence-corrected chi connectivity index (χ2v) is 8.21. The van der Waals surface area contributed by atoms with Crippen molar-refractivity contribution in [3.63, 3.8) is 0 Å². The molecule has 0 radical (unpaired) electrons. The largest absolute Gasteiger partial charge is 0.478 e. The number of carbonyl (C=O) groups is 1. The first kappa shape index (κ1) is 16.8. The van der Waals surface area contributed by atoms with Crippen LogP contribution in [0.3, 0.4) is 0 Å². The standard InChI is InChI=1S/C24H24O2/c1-15-10-11-24(2,3)22-14-19(8-9-21(15)22)17-4-5-18-13-20(23(25)26)7-6-16(18)12-17/h4-9,12-15H,10-11H2,1-3H3,(H,25,26). The third-order valence-corrected chi connectivity index (χ3v) is 5.94. The quantitative estimate of drug-likeness (QED) is 0.585. The molecule has 0 heterocycles. The van der Waals surface area contributed by atoms with Gasteiger partial charge in [0.25, 0.3) is 0 Å². The number of hydrogen-bond acceptors (Lipinski definition) is 1. The van der Waals surface area contributed by atoms with Gasteiger partial charge in [0, 0.05) is 0 Å². The van der Waals surface area contributed by atoms with Crippen molar-refractivity contribution in [3.8, 4) is 11.1 Å². The van der Waals surface area contributed by atoms with Gasteiger partial charge in [0.2, 0.25) is 0 Å². The highest BCUT2D eigenvalue weighted by molar-refractivity contribution is 5.95. The lowest BCUT2D eigenvalue weighted by Crippen LogP contribution is -2.25. The third kappa shape index (κ3) is 2.80. The van der Waals surface area contributed by atoms with Gasteiger partial charge in [-0.1, -0.05) is 57.2 Å². The summed E-state index contributed by atoms with van der Waals surface area (Å²) >= 11 is 0. The molecule has 0 saturated carbocycles. The van der Waals surface area contributed by atoms with Gasteiger partial charge in [0.1, 0.15) is 0 Å². The van der Waals surface area contributed by atoms with Crippen LogP contribution in [0.15, 0.2) is 54.6 Å². The number of aromatic carboxylic acids is 1. The van der Waals surface area contributed by atoms with Crippen LogP contribution >= 0.6 is 0 Å². The summed E-state index contributed by atoms with van der Waals surface area (Å²) in [5, 5.41) is 11.2. The monoisotopic (exact) mass is 344 g/mol. The zero-order chi connectivity index (χ0) is 18.5. The highest BCUT2D eigenvalue weighted by atomic mass is 16.4. The molecule has 3 aromatic rings. The Bertz CT molecular complexity index is 1010.